The van der Waals surface area contributed by atoms with Gasteiger partial charge in [-0.05, 0) is 19.3 Å². The summed E-state index contributed by atoms with van der Waals surface area (Å²) in [5, 5.41) is 8.76. The first-order chi connectivity index (χ1) is 4.92. The molecule has 0 heterocycles. The number of ether oxygens (including phenoxy) is 1. The molecule has 0 aromatic heterocycles. The molecule has 66 valence electrons. The summed E-state index contributed by atoms with van der Waals surface area (Å²) in [5.74, 6) is -0.565. The molecular formula is C8H16O3. The van der Waals surface area contributed by atoms with Crippen LogP contribution in [0.15, 0.2) is 0 Å². The van der Waals surface area contributed by atoms with Crippen LogP contribution in [0.25, 0.3) is 0 Å². The number of carbonyl (C=O) groups is 1. The van der Waals surface area contributed by atoms with Gasteiger partial charge in [-0.15, -0.1) is 0 Å². The highest BCUT2D eigenvalue weighted by Crippen LogP contribution is 2.19. The first-order valence-electron chi connectivity index (χ1n) is 3.71. The van der Waals surface area contributed by atoms with Gasteiger partial charge in [-0.3, -0.25) is 0 Å². The van der Waals surface area contributed by atoms with E-state index >= 15 is 0 Å². The van der Waals surface area contributed by atoms with Gasteiger partial charge in [0.1, 0.15) is 0 Å². The largest absolute Gasteiger partial charge is 0.479 e. The van der Waals surface area contributed by atoms with Crippen LogP contribution in [0.4, 0.5) is 0 Å². The minimum atomic E-state index is -1.02. The first kappa shape index (κ1) is 10.4. The third kappa shape index (κ3) is 2.89. The third-order valence-electron chi connectivity index (χ3n) is 1.70. The zero-order valence-corrected chi connectivity index (χ0v) is 7.55. The molecule has 0 radical (unpaired) electrons. The molecule has 0 bridgehead atoms. The Morgan fingerprint density at radius 1 is 1.64 bits per heavy atom. The van der Waals surface area contributed by atoms with Crippen LogP contribution >= 0.6 is 0 Å². The molecule has 1 atom stereocenters. The van der Waals surface area contributed by atoms with Crippen molar-refractivity contribution in [1.29, 1.82) is 0 Å². The van der Waals surface area contributed by atoms with E-state index in [4.69, 9.17) is 9.84 Å². The maximum Gasteiger partial charge on any atom is 0.335 e. The number of carboxylic acids is 1. The summed E-state index contributed by atoms with van der Waals surface area (Å²) in [5.41, 5.74) is -1.02. The van der Waals surface area contributed by atoms with Gasteiger partial charge in [0.15, 0.2) is 5.60 Å². The molecule has 0 aliphatic carbocycles. The van der Waals surface area contributed by atoms with Crippen molar-refractivity contribution >= 4 is 5.97 Å². The molecular weight excluding hydrogens is 144 g/mol. The molecule has 3 nitrogen and oxygen atoms in total. The van der Waals surface area contributed by atoms with Crippen molar-refractivity contribution in [3.05, 3.63) is 0 Å². The molecule has 1 N–H and O–H groups in total. The predicted octanol–water partition coefficient (Wildman–Crippen LogP) is 1.52. The Bertz CT molecular complexity index is 142. The molecule has 0 aliphatic heterocycles. The maximum absolute atomic E-state index is 10.7. The first-order valence-corrected chi connectivity index (χ1v) is 3.71. The number of carboxylic acid groups (broad SMARTS) is 1. The van der Waals surface area contributed by atoms with E-state index in [1.165, 1.54) is 7.11 Å². The van der Waals surface area contributed by atoms with Crippen LogP contribution in [0.3, 0.4) is 0 Å². The summed E-state index contributed by atoms with van der Waals surface area (Å²) in [6, 6.07) is 0. The summed E-state index contributed by atoms with van der Waals surface area (Å²) >= 11 is 0. The summed E-state index contributed by atoms with van der Waals surface area (Å²) < 4.78 is 4.91. The van der Waals surface area contributed by atoms with E-state index in [0.29, 0.717) is 12.3 Å². The fraction of sp³-hybridized carbons (Fsp3) is 0.875. The van der Waals surface area contributed by atoms with Crippen molar-refractivity contribution in [3.63, 3.8) is 0 Å². The number of methoxy groups -OCH3 is 1. The van der Waals surface area contributed by atoms with E-state index in [0.717, 1.165) is 0 Å². The summed E-state index contributed by atoms with van der Waals surface area (Å²) in [7, 11) is 1.43. The van der Waals surface area contributed by atoms with Gasteiger partial charge >= 0.3 is 5.97 Å². The summed E-state index contributed by atoms with van der Waals surface area (Å²) in [6.07, 6.45) is 0.541. The predicted molar refractivity (Wildman–Crippen MR) is 42.5 cm³/mol. The van der Waals surface area contributed by atoms with Crippen molar-refractivity contribution in [3.8, 4) is 0 Å². The molecule has 0 saturated heterocycles. The van der Waals surface area contributed by atoms with E-state index in [1.807, 2.05) is 13.8 Å². The zero-order valence-electron chi connectivity index (χ0n) is 7.55. The zero-order chi connectivity index (χ0) is 9.07. The molecule has 0 saturated carbocycles. The van der Waals surface area contributed by atoms with Gasteiger partial charge in [0.25, 0.3) is 0 Å². The smallest absolute Gasteiger partial charge is 0.335 e. The Kier molecular flexibility index (Phi) is 3.52. The number of rotatable bonds is 4. The van der Waals surface area contributed by atoms with Crippen molar-refractivity contribution in [1.82, 2.24) is 0 Å². The second-order valence-electron chi connectivity index (χ2n) is 3.34. The molecule has 11 heavy (non-hydrogen) atoms. The van der Waals surface area contributed by atoms with Gasteiger partial charge in [-0.2, -0.15) is 0 Å². The van der Waals surface area contributed by atoms with Crippen molar-refractivity contribution in [2.24, 2.45) is 5.92 Å². The Hall–Kier alpha value is -0.570. The van der Waals surface area contributed by atoms with E-state index in [9.17, 15) is 4.79 Å². The average molecular weight is 160 g/mol. The third-order valence-corrected chi connectivity index (χ3v) is 1.70. The van der Waals surface area contributed by atoms with E-state index in [-0.39, 0.29) is 0 Å². The number of aliphatic carboxylic acids is 1. The van der Waals surface area contributed by atoms with Gasteiger partial charge in [-0.25, -0.2) is 4.79 Å². The van der Waals surface area contributed by atoms with Gasteiger partial charge in [-0.1, -0.05) is 13.8 Å². The molecule has 0 unspecified atom stereocenters. The Morgan fingerprint density at radius 2 is 2.09 bits per heavy atom. The highest BCUT2D eigenvalue weighted by molar-refractivity contribution is 5.76. The topological polar surface area (TPSA) is 46.5 Å². The number of hydrogen-bond acceptors (Lipinski definition) is 2. The van der Waals surface area contributed by atoms with Crippen LogP contribution in [0.2, 0.25) is 0 Å². The molecule has 3 heteroatoms. The van der Waals surface area contributed by atoms with Gasteiger partial charge < -0.3 is 9.84 Å². The van der Waals surface area contributed by atoms with Crippen LogP contribution in [0.5, 0.6) is 0 Å². The SMILES string of the molecule is CO[C@@](C)(CC(C)C)C(=O)O. The minimum Gasteiger partial charge on any atom is -0.479 e. The lowest BCUT2D eigenvalue weighted by Gasteiger charge is -2.24. The van der Waals surface area contributed by atoms with Crippen molar-refractivity contribution < 1.29 is 14.6 Å². The minimum absolute atomic E-state index is 0.330. The van der Waals surface area contributed by atoms with E-state index < -0.39 is 11.6 Å². The maximum atomic E-state index is 10.7. The summed E-state index contributed by atoms with van der Waals surface area (Å²) in [4.78, 5) is 10.7. The molecule has 0 rings (SSSR count). The van der Waals surface area contributed by atoms with Crippen LogP contribution in [0.1, 0.15) is 27.2 Å². The average Bonchev–Trinajstić information content (AvgIpc) is 1.86. The summed E-state index contributed by atoms with van der Waals surface area (Å²) in [6.45, 7) is 5.54. The second-order valence-corrected chi connectivity index (χ2v) is 3.34. The standard InChI is InChI=1S/C8H16O3/c1-6(2)5-8(3,11-4)7(9)10/h6H,5H2,1-4H3,(H,9,10)/t8-/m0/s1. The normalized spacial score (nSPS) is 16.5. The monoisotopic (exact) mass is 160 g/mol. The lowest BCUT2D eigenvalue weighted by molar-refractivity contribution is -0.161. The van der Waals surface area contributed by atoms with Crippen molar-refractivity contribution in [2.75, 3.05) is 7.11 Å². The number of hydrogen-bond donors (Lipinski definition) is 1. The lowest BCUT2D eigenvalue weighted by atomic mass is 9.94. The van der Waals surface area contributed by atoms with Crippen LogP contribution in [-0.4, -0.2) is 23.8 Å². The molecule has 0 fully saturated rings. The van der Waals surface area contributed by atoms with Crippen LogP contribution in [-0.2, 0) is 9.53 Å². The fourth-order valence-electron chi connectivity index (χ4n) is 1.04. The molecule has 0 aliphatic rings. The molecule has 0 amide bonds. The molecule has 0 aromatic rings. The van der Waals surface area contributed by atoms with E-state index in [2.05, 4.69) is 0 Å². The second kappa shape index (κ2) is 3.72. The highest BCUT2D eigenvalue weighted by Gasteiger charge is 2.33. The Balaban J connectivity index is 4.22. The van der Waals surface area contributed by atoms with Crippen LogP contribution in [0, 0.1) is 5.92 Å². The molecule has 0 aromatic carbocycles. The van der Waals surface area contributed by atoms with Gasteiger partial charge in [0.05, 0.1) is 0 Å². The van der Waals surface area contributed by atoms with Crippen molar-refractivity contribution in [2.45, 2.75) is 32.8 Å². The Labute approximate surface area is 67.4 Å². The lowest BCUT2D eigenvalue weighted by Crippen LogP contribution is -2.38. The molecule has 0 spiro atoms. The quantitative estimate of drug-likeness (QED) is 0.678. The van der Waals surface area contributed by atoms with E-state index in [1.54, 1.807) is 6.92 Å². The fourth-order valence-corrected chi connectivity index (χ4v) is 1.04. The van der Waals surface area contributed by atoms with Crippen LogP contribution < -0.4 is 0 Å². The van der Waals surface area contributed by atoms with Gasteiger partial charge in [0.2, 0.25) is 0 Å². The Morgan fingerprint density at radius 3 is 2.18 bits per heavy atom. The highest BCUT2D eigenvalue weighted by atomic mass is 16.5. The van der Waals surface area contributed by atoms with Gasteiger partial charge in [0, 0.05) is 7.11 Å².